The van der Waals surface area contributed by atoms with Crippen LogP contribution in [0.25, 0.3) is 0 Å². The molecule has 0 spiro atoms. The fourth-order valence-corrected chi connectivity index (χ4v) is 3.20. The molecule has 1 aromatic carbocycles. The molecule has 2 rings (SSSR count). The standard InChI is InChI=1S/C12H17N3O4S/c1-20(18,19)12-3-2-10(15(16)17)8-11(12)14-6-4-9(13)5-7-14/h2-3,8-9H,4-7,13H2,1H3. The van der Waals surface area contributed by atoms with Crippen molar-refractivity contribution in [2.24, 2.45) is 5.73 Å². The lowest BCUT2D eigenvalue weighted by molar-refractivity contribution is -0.384. The molecule has 1 aliphatic rings. The number of nitro benzene ring substituents is 1. The molecular formula is C12H17N3O4S. The van der Waals surface area contributed by atoms with Crippen molar-refractivity contribution in [3.05, 3.63) is 28.3 Å². The van der Waals surface area contributed by atoms with Crippen molar-refractivity contribution in [1.29, 1.82) is 0 Å². The second-order valence-electron chi connectivity index (χ2n) is 5.01. The molecule has 1 heterocycles. The predicted octanol–water partition coefficient (Wildman–Crippen LogP) is 0.926. The van der Waals surface area contributed by atoms with Crippen molar-refractivity contribution in [3.8, 4) is 0 Å². The molecule has 1 fully saturated rings. The van der Waals surface area contributed by atoms with E-state index >= 15 is 0 Å². The highest BCUT2D eigenvalue weighted by atomic mass is 32.2. The van der Waals surface area contributed by atoms with Crippen LogP contribution in [0.2, 0.25) is 0 Å². The number of nitrogens with two attached hydrogens (primary N) is 1. The molecule has 0 aromatic heterocycles. The Hall–Kier alpha value is -1.67. The quantitative estimate of drug-likeness (QED) is 0.657. The van der Waals surface area contributed by atoms with E-state index in [1.165, 1.54) is 18.2 Å². The summed E-state index contributed by atoms with van der Waals surface area (Å²) < 4.78 is 23.6. The van der Waals surface area contributed by atoms with Crippen molar-refractivity contribution in [2.45, 2.75) is 23.8 Å². The van der Waals surface area contributed by atoms with E-state index in [9.17, 15) is 18.5 Å². The maximum atomic E-state index is 11.8. The number of hydrogen-bond donors (Lipinski definition) is 1. The van der Waals surface area contributed by atoms with Crippen molar-refractivity contribution in [2.75, 3.05) is 24.2 Å². The van der Waals surface area contributed by atoms with Gasteiger partial charge in [0.2, 0.25) is 0 Å². The molecule has 8 heteroatoms. The van der Waals surface area contributed by atoms with Gasteiger partial charge in [0.05, 0.1) is 15.5 Å². The van der Waals surface area contributed by atoms with E-state index in [1.54, 1.807) is 0 Å². The van der Waals surface area contributed by atoms with Crippen LogP contribution in [0.1, 0.15) is 12.8 Å². The molecule has 0 radical (unpaired) electrons. The van der Waals surface area contributed by atoms with Crippen LogP contribution >= 0.6 is 0 Å². The van der Waals surface area contributed by atoms with Crippen molar-refractivity contribution in [3.63, 3.8) is 0 Å². The van der Waals surface area contributed by atoms with Crippen LogP contribution in [0.3, 0.4) is 0 Å². The monoisotopic (exact) mass is 299 g/mol. The highest BCUT2D eigenvalue weighted by molar-refractivity contribution is 7.90. The molecular weight excluding hydrogens is 282 g/mol. The van der Waals surface area contributed by atoms with Gasteiger partial charge >= 0.3 is 0 Å². The molecule has 1 aromatic rings. The zero-order valence-electron chi connectivity index (χ0n) is 11.2. The highest BCUT2D eigenvalue weighted by Gasteiger charge is 2.24. The lowest BCUT2D eigenvalue weighted by atomic mass is 10.1. The first-order valence-corrected chi connectivity index (χ1v) is 8.17. The number of hydrogen-bond acceptors (Lipinski definition) is 6. The Morgan fingerprint density at radius 1 is 1.35 bits per heavy atom. The summed E-state index contributed by atoms with van der Waals surface area (Å²) in [5.41, 5.74) is 6.11. The maximum Gasteiger partial charge on any atom is 0.271 e. The van der Waals surface area contributed by atoms with E-state index in [0.29, 0.717) is 18.8 Å². The van der Waals surface area contributed by atoms with Crippen molar-refractivity contribution < 1.29 is 13.3 Å². The van der Waals surface area contributed by atoms with Gasteiger partial charge in [0.15, 0.2) is 9.84 Å². The lowest BCUT2D eigenvalue weighted by Crippen LogP contribution is -2.40. The van der Waals surface area contributed by atoms with Crippen LogP contribution < -0.4 is 10.6 Å². The fourth-order valence-electron chi connectivity index (χ4n) is 2.32. The van der Waals surface area contributed by atoms with Crippen LogP contribution in [0.4, 0.5) is 11.4 Å². The summed E-state index contributed by atoms with van der Waals surface area (Å²) in [4.78, 5) is 12.3. The first-order chi connectivity index (χ1) is 9.29. The van der Waals surface area contributed by atoms with Crippen LogP contribution in [-0.4, -0.2) is 38.7 Å². The Kier molecular flexibility index (Phi) is 3.96. The third-order valence-corrected chi connectivity index (χ3v) is 4.58. The first-order valence-electron chi connectivity index (χ1n) is 6.28. The molecule has 0 amide bonds. The fraction of sp³-hybridized carbons (Fsp3) is 0.500. The summed E-state index contributed by atoms with van der Waals surface area (Å²) >= 11 is 0. The Bertz CT molecular complexity index is 622. The lowest BCUT2D eigenvalue weighted by Gasteiger charge is -2.32. The minimum Gasteiger partial charge on any atom is -0.370 e. The summed E-state index contributed by atoms with van der Waals surface area (Å²) in [6.07, 6.45) is 2.59. The summed E-state index contributed by atoms with van der Waals surface area (Å²) in [5.74, 6) is 0. The summed E-state index contributed by atoms with van der Waals surface area (Å²) in [6, 6.07) is 3.95. The first kappa shape index (κ1) is 14.7. The number of anilines is 1. The predicted molar refractivity (Wildman–Crippen MR) is 75.6 cm³/mol. The van der Waals surface area contributed by atoms with Gasteiger partial charge in [0.1, 0.15) is 0 Å². The van der Waals surface area contributed by atoms with E-state index in [4.69, 9.17) is 5.73 Å². The zero-order chi connectivity index (χ0) is 14.9. The van der Waals surface area contributed by atoms with Gasteiger partial charge in [-0.3, -0.25) is 10.1 Å². The number of nitro groups is 1. The van der Waals surface area contributed by atoms with Gasteiger partial charge in [0, 0.05) is 37.5 Å². The van der Waals surface area contributed by atoms with Gasteiger partial charge in [-0.25, -0.2) is 8.42 Å². The molecule has 110 valence electrons. The van der Waals surface area contributed by atoms with E-state index < -0.39 is 14.8 Å². The topological polar surface area (TPSA) is 107 Å². The molecule has 7 nitrogen and oxygen atoms in total. The number of rotatable bonds is 3. The molecule has 20 heavy (non-hydrogen) atoms. The Morgan fingerprint density at radius 3 is 2.45 bits per heavy atom. The van der Waals surface area contributed by atoms with Gasteiger partial charge in [0.25, 0.3) is 5.69 Å². The van der Waals surface area contributed by atoms with Gasteiger partial charge in [-0.15, -0.1) is 0 Å². The summed E-state index contributed by atoms with van der Waals surface area (Å²) in [5, 5.41) is 10.9. The Morgan fingerprint density at radius 2 is 1.95 bits per heavy atom. The number of sulfone groups is 1. The number of piperidine rings is 1. The average Bonchev–Trinajstić information content (AvgIpc) is 2.37. The van der Waals surface area contributed by atoms with Crippen LogP contribution in [0, 0.1) is 10.1 Å². The third-order valence-electron chi connectivity index (χ3n) is 3.43. The molecule has 0 atom stereocenters. The van der Waals surface area contributed by atoms with Crippen LogP contribution in [0.15, 0.2) is 23.1 Å². The minimum atomic E-state index is -3.43. The van der Waals surface area contributed by atoms with E-state index in [-0.39, 0.29) is 16.6 Å². The number of non-ortho nitro benzene ring substituents is 1. The molecule has 0 unspecified atom stereocenters. The van der Waals surface area contributed by atoms with Crippen molar-refractivity contribution in [1.82, 2.24) is 0 Å². The van der Waals surface area contributed by atoms with Gasteiger partial charge in [-0.1, -0.05) is 0 Å². The average molecular weight is 299 g/mol. The van der Waals surface area contributed by atoms with Gasteiger partial charge < -0.3 is 10.6 Å². The van der Waals surface area contributed by atoms with E-state index in [1.807, 2.05) is 4.90 Å². The minimum absolute atomic E-state index is 0.103. The molecule has 0 bridgehead atoms. The van der Waals surface area contributed by atoms with Gasteiger partial charge in [-0.2, -0.15) is 0 Å². The molecule has 0 aliphatic carbocycles. The molecule has 0 saturated carbocycles. The number of nitrogens with zero attached hydrogens (tertiary/aromatic N) is 2. The molecule has 2 N–H and O–H groups in total. The third kappa shape index (κ3) is 3.07. The van der Waals surface area contributed by atoms with Gasteiger partial charge in [-0.05, 0) is 18.9 Å². The van der Waals surface area contributed by atoms with E-state index in [0.717, 1.165) is 19.1 Å². The normalized spacial score (nSPS) is 17.2. The molecule has 1 saturated heterocycles. The smallest absolute Gasteiger partial charge is 0.271 e. The maximum absolute atomic E-state index is 11.8. The van der Waals surface area contributed by atoms with Crippen LogP contribution in [0.5, 0.6) is 0 Å². The summed E-state index contributed by atoms with van der Waals surface area (Å²) in [7, 11) is -3.43. The van der Waals surface area contributed by atoms with E-state index in [2.05, 4.69) is 0 Å². The second-order valence-corrected chi connectivity index (χ2v) is 6.99. The Balaban J connectivity index is 2.47. The van der Waals surface area contributed by atoms with Crippen LogP contribution in [-0.2, 0) is 9.84 Å². The molecule has 1 aliphatic heterocycles. The second kappa shape index (κ2) is 5.37. The number of benzene rings is 1. The largest absolute Gasteiger partial charge is 0.370 e. The summed E-state index contributed by atoms with van der Waals surface area (Å²) in [6.45, 7) is 1.20. The Labute approximate surface area is 117 Å². The SMILES string of the molecule is CS(=O)(=O)c1ccc([N+](=O)[O-])cc1N1CCC(N)CC1. The zero-order valence-corrected chi connectivity index (χ0v) is 12.0. The van der Waals surface area contributed by atoms with Crippen molar-refractivity contribution >= 4 is 21.2 Å². The highest BCUT2D eigenvalue weighted by Crippen LogP contribution is 2.31.